The number of carbonyl (C=O) groups is 1. The third-order valence-electron chi connectivity index (χ3n) is 1.70. The molecule has 90 valence electrons. The van der Waals surface area contributed by atoms with Crippen LogP contribution in [0.4, 0.5) is 0 Å². The molecule has 0 unspecified atom stereocenters. The molecule has 0 atom stereocenters. The smallest absolute Gasteiger partial charge is 0.337 e. The molecule has 2 rings (SSSR count). The van der Waals surface area contributed by atoms with Gasteiger partial charge in [0.2, 0.25) is 0 Å². The molecule has 0 aliphatic rings. The Bertz CT molecular complexity index is 553. The number of aromatic carboxylic acids is 1. The van der Waals surface area contributed by atoms with Crippen LogP contribution in [0.1, 0.15) is 10.4 Å². The number of nitrogens with zero attached hydrogens (tertiary/aromatic N) is 2. The second kappa shape index (κ2) is 6.05. The van der Waals surface area contributed by atoms with Gasteiger partial charge in [-0.05, 0) is 18.2 Å². The summed E-state index contributed by atoms with van der Waals surface area (Å²) in [7, 11) is -0.611. The number of carboxylic acids is 1. The highest BCUT2D eigenvalue weighted by atomic mass is 32.2. The fraction of sp³-hybridized carbons (Fsp3) is 0.182. The largest absolute Gasteiger partial charge is 0.478 e. The predicted octanol–water partition coefficient (Wildman–Crippen LogP) is 1.32. The van der Waals surface area contributed by atoms with Gasteiger partial charge in [0.05, 0.1) is 5.56 Å². The van der Waals surface area contributed by atoms with Crippen molar-refractivity contribution < 1.29 is 14.1 Å². The highest BCUT2D eigenvalue weighted by molar-refractivity contribution is 7.83. The van der Waals surface area contributed by atoms with Crippen LogP contribution >= 0.6 is 0 Å². The van der Waals surface area contributed by atoms with E-state index in [9.17, 15) is 9.00 Å². The number of aromatic nitrogens is 2. The molecule has 0 aliphatic heterocycles. The van der Waals surface area contributed by atoms with E-state index in [0.29, 0.717) is 5.65 Å². The van der Waals surface area contributed by atoms with Crippen LogP contribution in [0.25, 0.3) is 11.0 Å². The minimum atomic E-state index is -0.974. The molecule has 0 spiro atoms. The number of carboxylic acid groups (broad SMARTS) is 1. The molecule has 0 fully saturated rings. The average molecular weight is 252 g/mol. The molecule has 17 heavy (non-hydrogen) atoms. The van der Waals surface area contributed by atoms with Crippen molar-refractivity contribution in [3.8, 4) is 0 Å². The summed E-state index contributed by atoms with van der Waals surface area (Å²) in [5, 5.41) is 9.42. The van der Waals surface area contributed by atoms with Crippen LogP contribution < -0.4 is 0 Å². The Hall–Kier alpha value is -1.82. The lowest BCUT2D eigenvalue weighted by Gasteiger charge is -1.96. The fourth-order valence-corrected chi connectivity index (χ4v) is 1.08. The predicted molar refractivity (Wildman–Crippen MR) is 66.5 cm³/mol. The number of hydrogen-bond donors (Lipinski definition) is 1. The van der Waals surface area contributed by atoms with E-state index in [1.807, 2.05) is 0 Å². The van der Waals surface area contributed by atoms with Crippen molar-refractivity contribution in [1.29, 1.82) is 0 Å². The van der Waals surface area contributed by atoms with Crippen LogP contribution in [0.3, 0.4) is 0 Å². The second-order valence-electron chi connectivity index (χ2n) is 3.32. The molecular formula is C11H12N2O3S. The summed E-state index contributed by atoms with van der Waals surface area (Å²) in [5.74, 6) is -0.974. The van der Waals surface area contributed by atoms with Gasteiger partial charge in [0, 0.05) is 41.1 Å². The van der Waals surface area contributed by atoms with Gasteiger partial charge in [-0.15, -0.1) is 0 Å². The SMILES string of the molecule is CS(C)=O.O=C(O)c1cnc2ncccc2c1. The summed E-state index contributed by atoms with van der Waals surface area (Å²) in [5.41, 5.74) is 0.744. The van der Waals surface area contributed by atoms with Crippen molar-refractivity contribution in [1.82, 2.24) is 9.97 Å². The minimum Gasteiger partial charge on any atom is -0.478 e. The Labute approximate surface area is 101 Å². The first-order valence-electron chi connectivity index (χ1n) is 4.70. The Kier molecular flexibility index (Phi) is 4.71. The molecule has 0 amide bonds. The third kappa shape index (κ3) is 4.28. The monoisotopic (exact) mass is 252 g/mol. The molecule has 0 aliphatic carbocycles. The first-order valence-corrected chi connectivity index (χ1v) is 6.66. The van der Waals surface area contributed by atoms with Crippen LogP contribution in [-0.4, -0.2) is 37.8 Å². The quantitative estimate of drug-likeness (QED) is 0.828. The van der Waals surface area contributed by atoms with Gasteiger partial charge >= 0.3 is 5.97 Å². The van der Waals surface area contributed by atoms with Gasteiger partial charge in [-0.1, -0.05) is 0 Å². The van der Waals surface area contributed by atoms with Gasteiger partial charge in [-0.25, -0.2) is 14.8 Å². The molecule has 0 aromatic carbocycles. The second-order valence-corrected chi connectivity index (χ2v) is 4.80. The van der Waals surface area contributed by atoms with Gasteiger partial charge in [-0.3, -0.25) is 4.21 Å². The summed E-state index contributed by atoms with van der Waals surface area (Å²) in [6.07, 6.45) is 6.20. The summed E-state index contributed by atoms with van der Waals surface area (Å²) < 4.78 is 9.56. The molecule has 2 aromatic heterocycles. The van der Waals surface area contributed by atoms with E-state index in [4.69, 9.17) is 5.11 Å². The normalized spacial score (nSPS) is 9.82. The summed E-state index contributed by atoms with van der Waals surface area (Å²) in [4.78, 5) is 18.5. The first-order chi connectivity index (χ1) is 8.00. The number of hydrogen-bond acceptors (Lipinski definition) is 4. The van der Waals surface area contributed by atoms with Gasteiger partial charge in [-0.2, -0.15) is 0 Å². The zero-order chi connectivity index (χ0) is 12.8. The fourth-order valence-electron chi connectivity index (χ4n) is 1.08. The number of rotatable bonds is 1. The Balaban J connectivity index is 0.000000317. The summed E-state index contributed by atoms with van der Waals surface area (Å²) in [6.45, 7) is 0. The van der Waals surface area contributed by atoms with Crippen molar-refractivity contribution >= 4 is 27.8 Å². The summed E-state index contributed by atoms with van der Waals surface area (Å²) >= 11 is 0. The van der Waals surface area contributed by atoms with Crippen LogP contribution in [0.2, 0.25) is 0 Å². The Morgan fingerprint density at radius 2 is 2.00 bits per heavy atom. The summed E-state index contributed by atoms with van der Waals surface area (Å²) in [6, 6.07) is 5.08. The number of pyridine rings is 2. The zero-order valence-corrected chi connectivity index (χ0v) is 10.3. The third-order valence-corrected chi connectivity index (χ3v) is 1.70. The first kappa shape index (κ1) is 13.2. The van der Waals surface area contributed by atoms with Crippen LogP contribution in [0.15, 0.2) is 30.6 Å². The van der Waals surface area contributed by atoms with Crippen molar-refractivity contribution in [3.63, 3.8) is 0 Å². The lowest BCUT2D eigenvalue weighted by molar-refractivity contribution is 0.0696. The Morgan fingerprint density at radius 3 is 2.59 bits per heavy atom. The lowest BCUT2D eigenvalue weighted by atomic mass is 10.2. The maximum absolute atomic E-state index is 10.6. The van der Waals surface area contributed by atoms with Crippen molar-refractivity contribution in [2.45, 2.75) is 0 Å². The molecule has 2 aromatic rings. The standard InChI is InChI=1S/C9H6N2O2.C2H6OS/c12-9(13)7-4-6-2-1-3-10-8(6)11-5-7;1-4(2)3/h1-5H,(H,12,13);1-2H3. The van der Waals surface area contributed by atoms with E-state index in [1.165, 1.54) is 6.20 Å². The molecule has 0 saturated carbocycles. The van der Waals surface area contributed by atoms with E-state index >= 15 is 0 Å². The Morgan fingerprint density at radius 1 is 1.35 bits per heavy atom. The van der Waals surface area contributed by atoms with Crippen LogP contribution in [0.5, 0.6) is 0 Å². The van der Waals surface area contributed by atoms with Gasteiger partial charge in [0.1, 0.15) is 0 Å². The molecule has 0 bridgehead atoms. The molecule has 0 saturated heterocycles. The minimum absolute atomic E-state index is 0.181. The zero-order valence-electron chi connectivity index (χ0n) is 9.45. The van der Waals surface area contributed by atoms with Crippen molar-refractivity contribution in [2.24, 2.45) is 0 Å². The molecule has 5 nitrogen and oxygen atoms in total. The van der Waals surface area contributed by atoms with Crippen LogP contribution in [-0.2, 0) is 10.8 Å². The van der Waals surface area contributed by atoms with Gasteiger partial charge < -0.3 is 5.11 Å². The molecule has 0 radical (unpaired) electrons. The van der Waals surface area contributed by atoms with E-state index in [2.05, 4.69) is 9.97 Å². The molecule has 1 N–H and O–H groups in total. The highest BCUT2D eigenvalue weighted by Gasteiger charge is 2.03. The average Bonchev–Trinajstić information content (AvgIpc) is 2.27. The van der Waals surface area contributed by atoms with Crippen LogP contribution in [0, 0.1) is 0 Å². The molecule has 2 heterocycles. The highest BCUT2D eigenvalue weighted by Crippen LogP contribution is 2.09. The van der Waals surface area contributed by atoms with Crippen molar-refractivity contribution in [2.75, 3.05) is 12.5 Å². The molecule has 6 heteroatoms. The topological polar surface area (TPSA) is 80.2 Å². The van der Waals surface area contributed by atoms with Gasteiger partial charge in [0.25, 0.3) is 0 Å². The lowest BCUT2D eigenvalue weighted by Crippen LogP contribution is -1.97. The van der Waals surface area contributed by atoms with E-state index in [0.717, 1.165) is 5.39 Å². The number of fused-ring (bicyclic) bond motifs is 1. The molecular weight excluding hydrogens is 240 g/mol. The van der Waals surface area contributed by atoms with E-state index in [1.54, 1.807) is 36.9 Å². The van der Waals surface area contributed by atoms with E-state index in [-0.39, 0.29) is 5.56 Å². The van der Waals surface area contributed by atoms with Gasteiger partial charge in [0.15, 0.2) is 5.65 Å². The van der Waals surface area contributed by atoms with Crippen molar-refractivity contribution in [3.05, 3.63) is 36.2 Å². The maximum Gasteiger partial charge on any atom is 0.337 e. The maximum atomic E-state index is 10.6. The van der Waals surface area contributed by atoms with E-state index < -0.39 is 16.8 Å².